The molecule has 3 N–H and O–H groups in total. The highest BCUT2D eigenvalue weighted by Crippen LogP contribution is 2.15. The summed E-state index contributed by atoms with van der Waals surface area (Å²) in [6.45, 7) is 1.87. The maximum absolute atomic E-state index is 11.3. The van der Waals surface area contributed by atoms with Crippen molar-refractivity contribution in [3.8, 4) is 5.75 Å². The number of rotatable bonds is 4. The molecule has 1 unspecified atom stereocenters. The molecule has 4 nitrogen and oxygen atoms in total. The molecule has 0 aliphatic carbocycles. The first-order valence-electron chi connectivity index (χ1n) is 4.60. The van der Waals surface area contributed by atoms with Crippen LogP contribution in [0.4, 0.5) is 0 Å². The van der Waals surface area contributed by atoms with Crippen molar-refractivity contribution in [1.82, 2.24) is 5.43 Å². The van der Waals surface area contributed by atoms with Gasteiger partial charge in [-0.05, 0) is 53.3 Å². The van der Waals surface area contributed by atoms with Crippen LogP contribution in [0.3, 0.4) is 0 Å². The number of hydrogen-bond acceptors (Lipinski definition) is 3. The Labute approximate surface area is 102 Å². The first-order chi connectivity index (χ1) is 7.17. The molecule has 0 heterocycles. The van der Waals surface area contributed by atoms with Gasteiger partial charge >= 0.3 is 0 Å². The Morgan fingerprint density at radius 2 is 2.13 bits per heavy atom. The Hall–Kier alpha value is -0.820. The van der Waals surface area contributed by atoms with Crippen LogP contribution < -0.4 is 16.0 Å². The first-order valence-corrected chi connectivity index (χ1v) is 5.68. The fraction of sp³-hybridized carbons (Fsp3) is 0.300. The molecular weight excluding hydrogens is 307 g/mol. The smallest absolute Gasteiger partial charge is 0.274 e. The molecule has 0 spiro atoms. The van der Waals surface area contributed by atoms with Gasteiger partial charge < -0.3 is 4.74 Å². The van der Waals surface area contributed by atoms with Crippen molar-refractivity contribution in [1.29, 1.82) is 0 Å². The normalized spacial score (nSPS) is 11.9. The molecule has 0 saturated carbocycles. The number of nitrogens with two attached hydrogens (primary N) is 1. The predicted octanol–water partition coefficient (Wildman–Crippen LogP) is 1.44. The van der Waals surface area contributed by atoms with Crippen LogP contribution in [0.25, 0.3) is 0 Å². The van der Waals surface area contributed by atoms with Crippen LogP contribution in [0.1, 0.15) is 13.3 Å². The summed E-state index contributed by atoms with van der Waals surface area (Å²) in [4.78, 5) is 11.3. The third kappa shape index (κ3) is 3.67. The van der Waals surface area contributed by atoms with Crippen LogP contribution in [0.15, 0.2) is 24.3 Å². The molecule has 0 aliphatic heterocycles. The lowest BCUT2D eigenvalue weighted by Gasteiger charge is -2.15. The molecule has 0 fully saturated rings. The van der Waals surface area contributed by atoms with Gasteiger partial charge in [0.2, 0.25) is 0 Å². The summed E-state index contributed by atoms with van der Waals surface area (Å²) in [6.07, 6.45) is 0.0460. The van der Waals surface area contributed by atoms with E-state index in [1.807, 2.05) is 31.2 Å². The van der Waals surface area contributed by atoms with Crippen molar-refractivity contribution in [3.05, 3.63) is 27.8 Å². The molecule has 15 heavy (non-hydrogen) atoms. The first kappa shape index (κ1) is 12.3. The van der Waals surface area contributed by atoms with E-state index >= 15 is 0 Å². The highest BCUT2D eigenvalue weighted by molar-refractivity contribution is 14.1. The van der Waals surface area contributed by atoms with E-state index < -0.39 is 6.10 Å². The van der Waals surface area contributed by atoms with Gasteiger partial charge in [0.1, 0.15) is 5.75 Å². The Morgan fingerprint density at radius 1 is 1.53 bits per heavy atom. The zero-order valence-corrected chi connectivity index (χ0v) is 10.5. The van der Waals surface area contributed by atoms with E-state index in [-0.39, 0.29) is 5.91 Å². The fourth-order valence-corrected chi connectivity index (χ4v) is 1.45. The Morgan fingerprint density at radius 3 is 2.60 bits per heavy atom. The topological polar surface area (TPSA) is 64.3 Å². The minimum atomic E-state index is -0.532. The van der Waals surface area contributed by atoms with E-state index in [1.165, 1.54) is 0 Å². The van der Waals surface area contributed by atoms with Crippen molar-refractivity contribution in [2.24, 2.45) is 5.84 Å². The van der Waals surface area contributed by atoms with Crippen LogP contribution in [0.5, 0.6) is 5.75 Å². The molecule has 1 rings (SSSR count). The van der Waals surface area contributed by atoms with Crippen LogP contribution in [-0.2, 0) is 4.79 Å². The van der Waals surface area contributed by atoms with Crippen molar-refractivity contribution in [3.63, 3.8) is 0 Å². The van der Waals surface area contributed by atoms with E-state index in [2.05, 4.69) is 28.0 Å². The summed E-state index contributed by atoms with van der Waals surface area (Å²) in [5.41, 5.74) is 2.08. The van der Waals surface area contributed by atoms with Gasteiger partial charge in [-0.25, -0.2) is 5.84 Å². The lowest BCUT2D eigenvalue weighted by Crippen LogP contribution is -2.41. The second-order valence-corrected chi connectivity index (χ2v) is 4.22. The number of carbonyl (C=O) groups excluding carboxylic acids is 1. The van der Waals surface area contributed by atoms with Gasteiger partial charge in [0.15, 0.2) is 6.10 Å². The van der Waals surface area contributed by atoms with Gasteiger partial charge in [0.05, 0.1) is 0 Å². The highest BCUT2D eigenvalue weighted by Gasteiger charge is 2.16. The number of hydrazine groups is 1. The fourth-order valence-electron chi connectivity index (χ4n) is 1.09. The Bertz CT molecular complexity index is 327. The van der Waals surface area contributed by atoms with Gasteiger partial charge in [-0.2, -0.15) is 0 Å². The van der Waals surface area contributed by atoms with Crippen molar-refractivity contribution in [2.45, 2.75) is 19.4 Å². The molecule has 0 radical (unpaired) electrons. The minimum absolute atomic E-state index is 0.309. The summed E-state index contributed by atoms with van der Waals surface area (Å²) >= 11 is 2.21. The second-order valence-electron chi connectivity index (χ2n) is 2.98. The van der Waals surface area contributed by atoms with Gasteiger partial charge in [-0.1, -0.05) is 6.92 Å². The molecule has 1 aromatic rings. The number of nitrogens with one attached hydrogen (secondary N) is 1. The standard InChI is InChI=1S/C10H13IN2O2/c1-2-9(10(14)13-12)15-8-5-3-7(11)4-6-8/h3-6,9H,2,12H2,1H3,(H,13,14). The van der Waals surface area contributed by atoms with Crippen molar-refractivity contribution in [2.75, 3.05) is 0 Å². The quantitative estimate of drug-likeness (QED) is 0.382. The number of carbonyl (C=O) groups is 1. The zero-order chi connectivity index (χ0) is 11.3. The van der Waals surface area contributed by atoms with Gasteiger partial charge in [0.25, 0.3) is 5.91 Å². The van der Waals surface area contributed by atoms with E-state index in [4.69, 9.17) is 10.6 Å². The van der Waals surface area contributed by atoms with Crippen molar-refractivity contribution >= 4 is 28.5 Å². The number of hydrogen-bond donors (Lipinski definition) is 2. The molecule has 82 valence electrons. The molecule has 1 atom stereocenters. The predicted molar refractivity (Wildman–Crippen MR) is 66.2 cm³/mol. The largest absolute Gasteiger partial charge is 0.481 e. The molecular formula is C10H13IN2O2. The lowest BCUT2D eigenvalue weighted by molar-refractivity contribution is -0.128. The SMILES string of the molecule is CCC(Oc1ccc(I)cc1)C(=O)NN. The van der Waals surface area contributed by atoms with Crippen LogP contribution in [0.2, 0.25) is 0 Å². The van der Waals surface area contributed by atoms with Gasteiger partial charge in [0, 0.05) is 3.57 Å². The van der Waals surface area contributed by atoms with E-state index in [0.29, 0.717) is 12.2 Å². The summed E-state index contributed by atoms with van der Waals surface area (Å²) in [5.74, 6) is 5.41. The maximum Gasteiger partial charge on any atom is 0.274 e. The van der Waals surface area contributed by atoms with Gasteiger partial charge in [-0.3, -0.25) is 10.2 Å². The monoisotopic (exact) mass is 320 g/mol. The molecule has 1 aromatic carbocycles. The lowest BCUT2D eigenvalue weighted by atomic mass is 10.2. The van der Waals surface area contributed by atoms with Crippen LogP contribution >= 0.6 is 22.6 Å². The molecule has 0 bridgehead atoms. The third-order valence-corrected chi connectivity index (χ3v) is 2.62. The molecule has 5 heteroatoms. The Kier molecular flexibility index (Phi) is 4.83. The average Bonchev–Trinajstić information content (AvgIpc) is 2.27. The minimum Gasteiger partial charge on any atom is -0.481 e. The van der Waals surface area contributed by atoms with Crippen molar-refractivity contribution < 1.29 is 9.53 Å². The molecule has 0 aliphatic rings. The molecule has 0 saturated heterocycles. The Balaban J connectivity index is 2.66. The second kappa shape index (κ2) is 5.92. The third-order valence-electron chi connectivity index (χ3n) is 1.90. The molecule has 0 aromatic heterocycles. The summed E-state index contributed by atoms with van der Waals surface area (Å²) in [7, 11) is 0. The number of amides is 1. The highest BCUT2D eigenvalue weighted by atomic mass is 127. The van der Waals surface area contributed by atoms with Gasteiger partial charge in [-0.15, -0.1) is 0 Å². The summed E-state index contributed by atoms with van der Waals surface area (Å²) in [6, 6.07) is 7.49. The zero-order valence-electron chi connectivity index (χ0n) is 8.37. The number of halogens is 1. The average molecular weight is 320 g/mol. The number of benzene rings is 1. The maximum atomic E-state index is 11.3. The van der Waals surface area contributed by atoms with E-state index in [1.54, 1.807) is 0 Å². The van der Waals surface area contributed by atoms with Crippen LogP contribution in [0, 0.1) is 3.57 Å². The van der Waals surface area contributed by atoms with E-state index in [0.717, 1.165) is 3.57 Å². The van der Waals surface area contributed by atoms with Crippen LogP contribution in [-0.4, -0.2) is 12.0 Å². The molecule has 1 amide bonds. The van der Waals surface area contributed by atoms with E-state index in [9.17, 15) is 4.79 Å². The summed E-state index contributed by atoms with van der Waals surface area (Å²) < 4.78 is 6.60. The number of ether oxygens (including phenoxy) is 1. The summed E-state index contributed by atoms with van der Waals surface area (Å²) in [5, 5.41) is 0.